The smallest absolute Gasteiger partial charge is 0.161 e. The lowest BCUT2D eigenvalue weighted by Crippen LogP contribution is -1.98. The monoisotopic (exact) mass is 585 g/mol. The molecule has 9 aromatic rings. The minimum atomic E-state index is 0.682. The Labute approximate surface area is 266 Å². The Morgan fingerprint density at radius 2 is 0.891 bits per heavy atom. The molecule has 0 unspecified atom stereocenters. The predicted octanol–water partition coefficient (Wildman–Crippen LogP) is 11.2. The second kappa shape index (κ2) is 10.8. The Kier molecular flexibility index (Phi) is 6.14. The Morgan fingerprint density at radius 1 is 0.304 bits per heavy atom. The molecule has 0 spiro atoms. The third-order valence-corrected chi connectivity index (χ3v) is 8.87. The van der Waals surface area contributed by atoms with Gasteiger partial charge in [0.15, 0.2) is 5.82 Å². The fourth-order valence-electron chi connectivity index (χ4n) is 6.55. The van der Waals surface area contributed by atoms with Crippen molar-refractivity contribution in [3.8, 4) is 45.2 Å². The quantitative estimate of drug-likeness (QED) is 0.193. The summed E-state index contributed by atoms with van der Waals surface area (Å²) >= 11 is 0. The van der Waals surface area contributed by atoms with Gasteiger partial charge in [-0.15, -0.1) is 0 Å². The fraction of sp³-hybridized carbons (Fsp3) is 0. The summed E-state index contributed by atoms with van der Waals surface area (Å²) in [7, 11) is 0. The van der Waals surface area contributed by atoms with Gasteiger partial charge < -0.3 is 0 Å². The molecule has 0 bridgehead atoms. The second-order valence-corrected chi connectivity index (χ2v) is 11.7. The van der Waals surface area contributed by atoms with Crippen molar-refractivity contribution in [2.75, 3.05) is 0 Å². The maximum absolute atomic E-state index is 5.23. The number of pyridine rings is 1. The largest absolute Gasteiger partial charge is 0.245 e. The molecule has 7 aromatic carbocycles. The van der Waals surface area contributed by atoms with Crippen LogP contribution in [0.3, 0.4) is 0 Å². The van der Waals surface area contributed by atoms with E-state index in [9.17, 15) is 0 Å². The van der Waals surface area contributed by atoms with Gasteiger partial charge >= 0.3 is 0 Å². The highest BCUT2D eigenvalue weighted by molar-refractivity contribution is 6.13. The summed E-state index contributed by atoms with van der Waals surface area (Å²) in [6.45, 7) is 0. The van der Waals surface area contributed by atoms with Crippen molar-refractivity contribution in [3.05, 3.63) is 164 Å². The van der Waals surface area contributed by atoms with E-state index in [2.05, 4.69) is 158 Å². The lowest BCUT2D eigenvalue weighted by Gasteiger charge is -2.13. The molecule has 2 aromatic heterocycles. The van der Waals surface area contributed by atoms with Crippen LogP contribution in [0.25, 0.3) is 88.4 Å². The van der Waals surface area contributed by atoms with Crippen LogP contribution in [0.1, 0.15) is 0 Å². The van der Waals surface area contributed by atoms with E-state index in [4.69, 9.17) is 15.0 Å². The lowest BCUT2D eigenvalue weighted by atomic mass is 9.96. The molecule has 0 aliphatic carbocycles. The number of nitrogens with zero attached hydrogens (tertiary/aromatic N) is 3. The topological polar surface area (TPSA) is 38.7 Å². The maximum Gasteiger partial charge on any atom is 0.161 e. The average Bonchev–Trinajstić information content (AvgIpc) is 3.14. The first-order chi connectivity index (χ1) is 22.8. The van der Waals surface area contributed by atoms with Crippen molar-refractivity contribution in [1.29, 1.82) is 0 Å². The molecule has 0 aliphatic rings. The van der Waals surface area contributed by atoms with Gasteiger partial charge in [0, 0.05) is 21.9 Å². The van der Waals surface area contributed by atoms with Gasteiger partial charge in [-0.05, 0) is 56.3 Å². The van der Waals surface area contributed by atoms with Crippen molar-refractivity contribution in [1.82, 2.24) is 15.0 Å². The molecule has 214 valence electrons. The van der Waals surface area contributed by atoms with E-state index in [1.54, 1.807) is 0 Å². The summed E-state index contributed by atoms with van der Waals surface area (Å²) in [5, 5.41) is 8.11. The second-order valence-electron chi connectivity index (χ2n) is 11.7. The third kappa shape index (κ3) is 4.49. The standard InChI is InChI=1S/C43H27N3/c1-2-10-28(11-3-1)29-18-21-31(22-19-29)40-27-41(39-25-24-32-23-20-30-12-4-7-15-35(30)42(32)44-39)46-43(45-40)38-26-33-13-5-6-14-34(33)36-16-8-9-17-37(36)38/h1-27H. The highest BCUT2D eigenvalue weighted by atomic mass is 14.9. The Balaban J connectivity index is 1.28. The van der Waals surface area contributed by atoms with E-state index in [1.807, 2.05) is 6.07 Å². The maximum atomic E-state index is 5.23. The summed E-state index contributed by atoms with van der Waals surface area (Å²) in [5.41, 5.74) is 7.83. The van der Waals surface area contributed by atoms with Crippen LogP contribution >= 0.6 is 0 Å². The lowest BCUT2D eigenvalue weighted by molar-refractivity contribution is 1.17. The molecule has 0 saturated carbocycles. The van der Waals surface area contributed by atoms with Crippen LogP contribution in [-0.4, -0.2) is 15.0 Å². The molecule has 0 saturated heterocycles. The van der Waals surface area contributed by atoms with Gasteiger partial charge in [-0.25, -0.2) is 15.0 Å². The van der Waals surface area contributed by atoms with Crippen LogP contribution in [0.15, 0.2) is 164 Å². The molecule has 0 N–H and O–H groups in total. The van der Waals surface area contributed by atoms with E-state index in [0.29, 0.717) is 5.82 Å². The highest BCUT2D eigenvalue weighted by Gasteiger charge is 2.16. The van der Waals surface area contributed by atoms with Crippen LogP contribution in [0.4, 0.5) is 0 Å². The summed E-state index contributed by atoms with van der Waals surface area (Å²) in [4.78, 5) is 15.7. The molecule has 9 rings (SSSR count). The summed E-state index contributed by atoms with van der Waals surface area (Å²) in [6, 6.07) is 57.4. The zero-order valence-corrected chi connectivity index (χ0v) is 24.9. The molecule has 3 nitrogen and oxygen atoms in total. The van der Waals surface area contributed by atoms with Crippen LogP contribution in [0.5, 0.6) is 0 Å². The van der Waals surface area contributed by atoms with E-state index in [-0.39, 0.29) is 0 Å². The van der Waals surface area contributed by atoms with Gasteiger partial charge in [-0.3, -0.25) is 0 Å². The van der Waals surface area contributed by atoms with E-state index in [0.717, 1.165) is 55.3 Å². The van der Waals surface area contributed by atoms with Crippen LogP contribution in [0, 0.1) is 0 Å². The molecule has 46 heavy (non-hydrogen) atoms. The third-order valence-electron chi connectivity index (χ3n) is 8.87. The molecular weight excluding hydrogens is 558 g/mol. The van der Waals surface area contributed by atoms with Crippen molar-refractivity contribution in [2.45, 2.75) is 0 Å². The van der Waals surface area contributed by atoms with Gasteiger partial charge in [-0.2, -0.15) is 0 Å². The van der Waals surface area contributed by atoms with Gasteiger partial charge in [0.2, 0.25) is 0 Å². The first kappa shape index (κ1) is 26.2. The summed E-state index contributed by atoms with van der Waals surface area (Å²) in [6.07, 6.45) is 0. The first-order valence-electron chi connectivity index (χ1n) is 15.5. The van der Waals surface area contributed by atoms with Crippen molar-refractivity contribution < 1.29 is 0 Å². The van der Waals surface area contributed by atoms with Crippen LogP contribution in [0.2, 0.25) is 0 Å². The summed E-state index contributed by atoms with van der Waals surface area (Å²) in [5.74, 6) is 0.682. The fourth-order valence-corrected chi connectivity index (χ4v) is 6.55. The molecule has 0 atom stereocenters. The van der Waals surface area contributed by atoms with Crippen molar-refractivity contribution >= 4 is 43.2 Å². The zero-order chi connectivity index (χ0) is 30.5. The van der Waals surface area contributed by atoms with E-state index >= 15 is 0 Å². The number of fused-ring (bicyclic) bond motifs is 6. The predicted molar refractivity (Wildman–Crippen MR) is 192 cm³/mol. The summed E-state index contributed by atoms with van der Waals surface area (Å²) < 4.78 is 0. The van der Waals surface area contributed by atoms with Gasteiger partial charge in [-0.1, -0.05) is 146 Å². The minimum absolute atomic E-state index is 0.682. The van der Waals surface area contributed by atoms with Gasteiger partial charge in [0.1, 0.15) is 0 Å². The molecular formula is C43H27N3. The van der Waals surface area contributed by atoms with Crippen LogP contribution < -0.4 is 0 Å². The molecule has 0 amide bonds. The number of aromatic nitrogens is 3. The number of rotatable bonds is 4. The van der Waals surface area contributed by atoms with E-state index in [1.165, 1.54) is 27.3 Å². The van der Waals surface area contributed by atoms with E-state index < -0.39 is 0 Å². The Hall–Kier alpha value is -6.19. The zero-order valence-electron chi connectivity index (χ0n) is 24.9. The van der Waals surface area contributed by atoms with Gasteiger partial charge in [0.25, 0.3) is 0 Å². The molecule has 2 heterocycles. The van der Waals surface area contributed by atoms with Gasteiger partial charge in [0.05, 0.1) is 22.6 Å². The van der Waals surface area contributed by atoms with Crippen LogP contribution in [-0.2, 0) is 0 Å². The Bertz CT molecular complexity index is 2570. The number of hydrogen-bond acceptors (Lipinski definition) is 3. The number of benzene rings is 7. The first-order valence-corrected chi connectivity index (χ1v) is 15.5. The molecule has 3 heteroatoms. The normalized spacial score (nSPS) is 11.5. The molecule has 0 aliphatic heterocycles. The Morgan fingerprint density at radius 3 is 1.72 bits per heavy atom. The highest BCUT2D eigenvalue weighted by Crippen LogP contribution is 2.36. The number of hydrogen-bond donors (Lipinski definition) is 0. The average molecular weight is 586 g/mol. The SMILES string of the molecule is c1ccc(-c2ccc(-c3cc(-c4ccc5ccc6ccccc6c5n4)nc(-c4cc5ccccc5c5ccccc45)n3)cc2)cc1. The molecule has 0 radical (unpaired) electrons. The minimum Gasteiger partial charge on any atom is -0.245 e. The van der Waals surface area contributed by atoms with Crippen molar-refractivity contribution in [2.24, 2.45) is 0 Å². The molecule has 0 fully saturated rings. The van der Waals surface area contributed by atoms with Crippen molar-refractivity contribution in [3.63, 3.8) is 0 Å².